The predicted octanol–water partition coefficient (Wildman–Crippen LogP) is 3.44. The third-order valence-electron chi connectivity index (χ3n) is 4.48. The third-order valence-corrected chi connectivity index (χ3v) is 6.63. The molecule has 1 atom stereocenters. The minimum atomic E-state index is -0.136. The molecule has 0 saturated carbocycles. The first-order valence-electron chi connectivity index (χ1n) is 8.57. The van der Waals surface area contributed by atoms with Gasteiger partial charge in [-0.25, -0.2) is 4.98 Å². The monoisotopic (exact) mass is 414 g/mol. The molecule has 3 aromatic heterocycles. The summed E-state index contributed by atoms with van der Waals surface area (Å²) in [6, 6.07) is 7.47. The van der Waals surface area contributed by atoms with E-state index in [0.717, 1.165) is 26.7 Å². The zero-order chi connectivity index (χ0) is 19.8. The molecule has 0 bridgehead atoms. The first-order chi connectivity index (χ1) is 13.5. The first-order valence-corrected chi connectivity index (χ1v) is 10.3. The van der Waals surface area contributed by atoms with Crippen molar-refractivity contribution >= 4 is 33.3 Å². The Morgan fingerprint density at radius 1 is 1.25 bits per heavy atom. The van der Waals surface area contributed by atoms with Crippen molar-refractivity contribution < 1.29 is 4.74 Å². The van der Waals surface area contributed by atoms with Crippen LogP contribution in [0.4, 0.5) is 0 Å². The lowest BCUT2D eigenvalue weighted by atomic mass is 10.2. The molecule has 28 heavy (non-hydrogen) atoms. The van der Waals surface area contributed by atoms with E-state index in [-0.39, 0.29) is 10.8 Å². The number of methoxy groups -OCH3 is 1. The normalized spacial score (nSPS) is 12.4. The summed E-state index contributed by atoms with van der Waals surface area (Å²) in [4.78, 5) is 22.0. The van der Waals surface area contributed by atoms with Gasteiger partial charge in [0.2, 0.25) is 5.16 Å². The van der Waals surface area contributed by atoms with E-state index in [1.807, 2.05) is 45.0 Å². The second-order valence-corrected chi connectivity index (χ2v) is 8.76. The number of nitrogens with zero attached hydrogens (tertiary/aromatic N) is 5. The average Bonchev–Trinajstić information content (AvgIpc) is 3.26. The molecule has 4 rings (SSSR count). The molecule has 4 aromatic rings. The Balaban J connectivity index is 1.64. The minimum Gasteiger partial charge on any atom is -0.497 e. The summed E-state index contributed by atoms with van der Waals surface area (Å²) in [5, 5.41) is 13.1. The number of thiophene rings is 1. The number of H-pyrrole nitrogens is 1. The van der Waals surface area contributed by atoms with Crippen LogP contribution in [0.25, 0.3) is 15.9 Å². The number of hydrogen-bond donors (Lipinski definition) is 1. The van der Waals surface area contributed by atoms with Crippen LogP contribution in [-0.2, 0) is 0 Å². The molecule has 0 amide bonds. The molecule has 0 saturated heterocycles. The fourth-order valence-corrected chi connectivity index (χ4v) is 4.72. The maximum absolute atomic E-state index is 12.5. The van der Waals surface area contributed by atoms with Gasteiger partial charge < -0.3 is 9.72 Å². The maximum atomic E-state index is 12.5. The van der Waals surface area contributed by atoms with Crippen LogP contribution in [0.5, 0.6) is 5.75 Å². The Morgan fingerprint density at radius 2 is 2.00 bits per heavy atom. The molecule has 8 nitrogen and oxygen atoms in total. The molecule has 0 fully saturated rings. The number of fused-ring (bicyclic) bond motifs is 1. The zero-order valence-corrected chi connectivity index (χ0v) is 17.4. The molecule has 1 aromatic carbocycles. The Hall–Kier alpha value is -2.72. The van der Waals surface area contributed by atoms with Crippen LogP contribution in [0, 0.1) is 13.8 Å². The lowest BCUT2D eigenvalue weighted by Gasteiger charge is -2.10. The number of thioether (sulfide) groups is 1. The first kappa shape index (κ1) is 18.6. The summed E-state index contributed by atoms with van der Waals surface area (Å²) >= 11 is 2.97. The Morgan fingerprint density at radius 3 is 2.71 bits per heavy atom. The lowest BCUT2D eigenvalue weighted by molar-refractivity contribution is 0.414. The fraction of sp³-hybridized carbons (Fsp3) is 0.278. The highest BCUT2D eigenvalue weighted by molar-refractivity contribution is 7.99. The highest BCUT2D eigenvalue weighted by atomic mass is 32.2. The van der Waals surface area contributed by atoms with Crippen LogP contribution in [0.15, 0.2) is 34.2 Å². The smallest absolute Gasteiger partial charge is 0.259 e. The Labute approximate surface area is 169 Å². The average molecular weight is 415 g/mol. The van der Waals surface area contributed by atoms with Crippen molar-refractivity contribution in [3.63, 3.8) is 0 Å². The van der Waals surface area contributed by atoms with Crippen molar-refractivity contribution in [2.75, 3.05) is 7.11 Å². The van der Waals surface area contributed by atoms with Crippen LogP contribution in [0.2, 0.25) is 0 Å². The van der Waals surface area contributed by atoms with E-state index in [1.54, 1.807) is 11.8 Å². The van der Waals surface area contributed by atoms with Gasteiger partial charge in [-0.3, -0.25) is 4.79 Å². The molecule has 0 spiro atoms. The van der Waals surface area contributed by atoms with Crippen molar-refractivity contribution in [3.8, 4) is 11.4 Å². The minimum absolute atomic E-state index is 0.107. The zero-order valence-electron chi connectivity index (χ0n) is 15.8. The lowest BCUT2D eigenvalue weighted by Crippen LogP contribution is -2.12. The molecule has 1 unspecified atom stereocenters. The van der Waals surface area contributed by atoms with Gasteiger partial charge in [0.15, 0.2) is 0 Å². The van der Waals surface area contributed by atoms with E-state index in [9.17, 15) is 4.79 Å². The topological polar surface area (TPSA) is 98.6 Å². The fourth-order valence-electron chi connectivity index (χ4n) is 2.82. The molecular formula is C18H18N6O2S2. The Kier molecular flexibility index (Phi) is 4.90. The number of rotatable bonds is 5. The molecule has 0 radical (unpaired) electrons. The highest BCUT2D eigenvalue weighted by Crippen LogP contribution is 2.34. The van der Waals surface area contributed by atoms with E-state index >= 15 is 0 Å². The number of benzene rings is 1. The summed E-state index contributed by atoms with van der Waals surface area (Å²) in [5.41, 5.74) is 1.70. The van der Waals surface area contributed by atoms with Crippen molar-refractivity contribution in [3.05, 3.63) is 50.9 Å². The number of aryl methyl sites for hydroxylation is 2. The van der Waals surface area contributed by atoms with Gasteiger partial charge in [-0.15, -0.1) is 16.4 Å². The van der Waals surface area contributed by atoms with Crippen LogP contribution in [0.1, 0.15) is 28.4 Å². The summed E-state index contributed by atoms with van der Waals surface area (Å²) in [5.74, 6) is 1.36. The largest absolute Gasteiger partial charge is 0.497 e. The maximum Gasteiger partial charge on any atom is 0.259 e. The number of nitrogens with one attached hydrogen (secondary N) is 1. The summed E-state index contributed by atoms with van der Waals surface area (Å²) in [6.45, 7) is 5.92. The van der Waals surface area contributed by atoms with Crippen molar-refractivity contribution in [2.24, 2.45) is 0 Å². The van der Waals surface area contributed by atoms with Gasteiger partial charge in [-0.05, 0) is 61.0 Å². The summed E-state index contributed by atoms with van der Waals surface area (Å²) < 4.78 is 6.84. The molecule has 1 N–H and O–H groups in total. The van der Waals surface area contributed by atoms with Crippen molar-refractivity contribution in [1.82, 2.24) is 30.2 Å². The van der Waals surface area contributed by atoms with Crippen LogP contribution in [0.3, 0.4) is 0 Å². The molecule has 0 aliphatic heterocycles. The highest BCUT2D eigenvalue weighted by Gasteiger charge is 2.19. The van der Waals surface area contributed by atoms with Crippen LogP contribution in [-0.4, -0.2) is 37.3 Å². The number of aromatic nitrogens is 6. The van der Waals surface area contributed by atoms with E-state index in [2.05, 4.69) is 25.5 Å². The Bertz CT molecular complexity index is 1200. The van der Waals surface area contributed by atoms with Gasteiger partial charge in [0.05, 0.1) is 23.4 Å². The van der Waals surface area contributed by atoms with Crippen LogP contribution < -0.4 is 10.3 Å². The molecule has 144 valence electrons. The van der Waals surface area contributed by atoms with E-state index < -0.39 is 0 Å². The van der Waals surface area contributed by atoms with Crippen LogP contribution >= 0.6 is 23.1 Å². The quantitative estimate of drug-likeness (QED) is 0.500. The van der Waals surface area contributed by atoms with Crippen molar-refractivity contribution in [1.29, 1.82) is 0 Å². The van der Waals surface area contributed by atoms with Gasteiger partial charge in [-0.1, -0.05) is 11.8 Å². The molecular weight excluding hydrogens is 396 g/mol. The second kappa shape index (κ2) is 7.36. The number of aromatic amines is 1. The van der Waals surface area contributed by atoms with E-state index in [1.165, 1.54) is 23.1 Å². The van der Waals surface area contributed by atoms with Gasteiger partial charge >= 0.3 is 0 Å². The standard InChI is InChI=1S/C18H18N6O2S2/c1-9-10(2)27-17-14(9)16(25)19-15(20-17)11(3)28-18-21-22-23-24(18)12-5-7-13(26-4)8-6-12/h5-8,11H,1-4H3,(H,19,20,25). The second-order valence-electron chi connectivity index (χ2n) is 6.25. The molecule has 0 aliphatic carbocycles. The van der Waals surface area contributed by atoms with Crippen molar-refractivity contribution in [2.45, 2.75) is 31.2 Å². The van der Waals surface area contributed by atoms with Gasteiger partial charge in [-0.2, -0.15) is 4.68 Å². The van der Waals surface area contributed by atoms with Gasteiger partial charge in [0.25, 0.3) is 5.56 Å². The summed E-state index contributed by atoms with van der Waals surface area (Å²) in [6.07, 6.45) is 0. The van der Waals surface area contributed by atoms with Gasteiger partial charge in [0, 0.05) is 4.88 Å². The third kappa shape index (κ3) is 3.29. The molecule has 10 heteroatoms. The van der Waals surface area contributed by atoms with Gasteiger partial charge in [0.1, 0.15) is 16.4 Å². The number of tetrazole rings is 1. The number of hydrogen-bond acceptors (Lipinski definition) is 8. The summed E-state index contributed by atoms with van der Waals surface area (Å²) in [7, 11) is 1.62. The SMILES string of the molecule is COc1ccc(-n2nnnc2SC(C)c2nc3sc(C)c(C)c3c(=O)[nH]2)cc1. The molecule has 0 aliphatic rings. The number of ether oxygens (including phenoxy) is 1. The predicted molar refractivity (Wildman–Crippen MR) is 110 cm³/mol. The molecule has 3 heterocycles. The van der Waals surface area contributed by atoms with E-state index in [0.29, 0.717) is 16.4 Å². The van der Waals surface area contributed by atoms with E-state index in [4.69, 9.17) is 4.74 Å².